The second kappa shape index (κ2) is 7.24. The number of aromatic nitrogens is 2. The number of carboxylic acids is 1. The summed E-state index contributed by atoms with van der Waals surface area (Å²) >= 11 is 0. The summed E-state index contributed by atoms with van der Waals surface area (Å²) in [6.45, 7) is 1.15. The first-order valence-electron chi connectivity index (χ1n) is 7.56. The highest BCUT2D eigenvalue weighted by Gasteiger charge is 2.36. The van der Waals surface area contributed by atoms with Crippen molar-refractivity contribution in [1.82, 2.24) is 15.1 Å². The highest BCUT2D eigenvalue weighted by molar-refractivity contribution is 5.78. The molecule has 0 saturated heterocycles. The Balaban J connectivity index is 1.81. The molecule has 1 amide bonds. The van der Waals surface area contributed by atoms with Crippen LogP contribution in [0.4, 0.5) is 0 Å². The summed E-state index contributed by atoms with van der Waals surface area (Å²) in [5.41, 5.74) is -0.347. The van der Waals surface area contributed by atoms with E-state index >= 15 is 0 Å². The van der Waals surface area contributed by atoms with Crippen molar-refractivity contribution in [3.63, 3.8) is 0 Å². The van der Waals surface area contributed by atoms with Crippen molar-refractivity contribution in [3.05, 3.63) is 18.5 Å². The number of nitrogens with one attached hydrogen (secondary N) is 1. The first kappa shape index (κ1) is 15.5. The maximum Gasteiger partial charge on any atom is 0.303 e. The molecule has 0 atom stereocenters. The quantitative estimate of drug-likeness (QED) is 0.803. The third-order valence-electron chi connectivity index (χ3n) is 4.20. The Kier molecular flexibility index (Phi) is 5.36. The fourth-order valence-electron chi connectivity index (χ4n) is 3.18. The molecular formula is C15H23N3O3. The summed E-state index contributed by atoms with van der Waals surface area (Å²) in [5.74, 6) is -0.855. The molecule has 1 aromatic rings. The average Bonchev–Trinajstić information content (AvgIpc) is 2.91. The lowest BCUT2D eigenvalue weighted by Gasteiger charge is -2.35. The minimum Gasteiger partial charge on any atom is -0.481 e. The van der Waals surface area contributed by atoms with Crippen LogP contribution in [0.5, 0.6) is 0 Å². The standard InChI is InChI=1S/C15H23N3O3/c19-13(16-8-10-18-9-4-7-17-18)11-15(12-14(20)21)5-2-1-3-6-15/h4,7,9H,1-3,5-6,8,10-12H2,(H,16,19)(H,20,21). The molecule has 0 spiro atoms. The molecule has 1 heterocycles. The zero-order valence-corrected chi connectivity index (χ0v) is 12.3. The molecule has 6 heteroatoms. The van der Waals surface area contributed by atoms with Gasteiger partial charge in [-0.25, -0.2) is 0 Å². The highest BCUT2D eigenvalue weighted by Crippen LogP contribution is 2.42. The van der Waals surface area contributed by atoms with Crippen molar-refractivity contribution in [3.8, 4) is 0 Å². The van der Waals surface area contributed by atoms with Gasteiger partial charge in [-0.15, -0.1) is 0 Å². The molecule has 0 aliphatic heterocycles. The molecule has 0 radical (unpaired) electrons. The maximum absolute atomic E-state index is 12.1. The van der Waals surface area contributed by atoms with Crippen LogP contribution in [0.15, 0.2) is 18.5 Å². The smallest absolute Gasteiger partial charge is 0.303 e. The fourth-order valence-corrected chi connectivity index (χ4v) is 3.18. The van der Waals surface area contributed by atoms with Gasteiger partial charge in [-0.2, -0.15) is 5.10 Å². The van der Waals surface area contributed by atoms with Crippen LogP contribution in [0.2, 0.25) is 0 Å². The van der Waals surface area contributed by atoms with E-state index in [1.54, 1.807) is 10.9 Å². The number of carbonyl (C=O) groups excluding carboxylic acids is 1. The molecule has 0 unspecified atom stereocenters. The van der Waals surface area contributed by atoms with E-state index in [9.17, 15) is 9.59 Å². The summed E-state index contributed by atoms with van der Waals surface area (Å²) < 4.78 is 1.76. The van der Waals surface area contributed by atoms with Gasteiger partial charge in [0.1, 0.15) is 0 Å². The Morgan fingerprint density at radius 3 is 2.62 bits per heavy atom. The molecule has 1 aliphatic rings. The number of carboxylic acid groups (broad SMARTS) is 1. The second-order valence-electron chi connectivity index (χ2n) is 5.93. The molecule has 1 aliphatic carbocycles. The Bertz CT molecular complexity index is 465. The summed E-state index contributed by atoms with van der Waals surface area (Å²) in [6.07, 6.45) is 8.82. The lowest BCUT2D eigenvalue weighted by molar-refractivity contribution is -0.141. The molecule has 2 rings (SSSR count). The monoisotopic (exact) mass is 293 g/mol. The van der Waals surface area contributed by atoms with E-state index in [1.807, 2.05) is 12.3 Å². The van der Waals surface area contributed by atoms with Crippen LogP contribution in [0.1, 0.15) is 44.9 Å². The van der Waals surface area contributed by atoms with Crippen LogP contribution in [0.25, 0.3) is 0 Å². The third-order valence-corrected chi connectivity index (χ3v) is 4.20. The van der Waals surface area contributed by atoms with Gasteiger partial charge in [0.15, 0.2) is 0 Å². The summed E-state index contributed by atoms with van der Waals surface area (Å²) in [7, 11) is 0. The first-order valence-corrected chi connectivity index (χ1v) is 7.56. The number of aliphatic carboxylic acids is 1. The van der Waals surface area contributed by atoms with E-state index < -0.39 is 5.97 Å². The average molecular weight is 293 g/mol. The van der Waals surface area contributed by atoms with Crippen molar-refractivity contribution in [2.75, 3.05) is 6.54 Å². The molecule has 6 nitrogen and oxygen atoms in total. The van der Waals surface area contributed by atoms with Crippen LogP contribution < -0.4 is 5.32 Å². The minimum absolute atomic E-state index is 0.0506. The number of hydrogen-bond acceptors (Lipinski definition) is 3. The highest BCUT2D eigenvalue weighted by atomic mass is 16.4. The van der Waals surface area contributed by atoms with Gasteiger partial charge in [0.2, 0.25) is 5.91 Å². The number of rotatable bonds is 7. The molecule has 0 aromatic carbocycles. The maximum atomic E-state index is 12.1. The van der Waals surface area contributed by atoms with Crippen LogP contribution in [0.3, 0.4) is 0 Å². The van der Waals surface area contributed by atoms with Gasteiger partial charge < -0.3 is 10.4 Å². The molecule has 1 fully saturated rings. The normalized spacial score (nSPS) is 17.3. The van der Waals surface area contributed by atoms with E-state index in [-0.39, 0.29) is 17.7 Å². The Labute approximate surface area is 124 Å². The number of hydrogen-bond donors (Lipinski definition) is 2. The van der Waals surface area contributed by atoms with E-state index in [4.69, 9.17) is 5.11 Å². The summed E-state index contributed by atoms with van der Waals surface area (Å²) in [6, 6.07) is 1.84. The van der Waals surface area contributed by atoms with E-state index in [2.05, 4.69) is 10.4 Å². The molecular weight excluding hydrogens is 270 g/mol. The Morgan fingerprint density at radius 2 is 2.00 bits per heavy atom. The van der Waals surface area contributed by atoms with E-state index in [0.29, 0.717) is 19.5 Å². The number of amides is 1. The van der Waals surface area contributed by atoms with Gasteiger partial charge in [-0.1, -0.05) is 19.3 Å². The zero-order chi connectivity index (χ0) is 15.1. The topological polar surface area (TPSA) is 84.2 Å². The predicted molar refractivity (Wildman–Crippen MR) is 77.6 cm³/mol. The summed E-state index contributed by atoms with van der Waals surface area (Å²) in [4.78, 5) is 23.2. The number of nitrogens with zero attached hydrogens (tertiary/aromatic N) is 2. The SMILES string of the molecule is O=C(O)CC1(CC(=O)NCCn2cccn2)CCCCC1. The van der Waals surface area contributed by atoms with Crippen LogP contribution >= 0.6 is 0 Å². The van der Waals surface area contributed by atoms with Gasteiger partial charge in [0.05, 0.1) is 13.0 Å². The molecule has 116 valence electrons. The first-order chi connectivity index (χ1) is 10.1. The van der Waals surface area contributed by atoms with Crippen molar-refractivity contribution in [1.29, 1.82) is 0 Å². The lowest BCUT2D eigenvalue weighted by Crippen LogP contribution is -2.36. The third kappa shape index (κ3) is 4.88. The number of carbonyl (C=O) groups is 2. The molecule has 1 aromatic heterocycles. The van der Waals surface area contributed by atoms with Crippen molar-refractivity contribution < 1.29 is 14.7 Å². The van der Waals surface area contributed by atoms with Gasteiger partial charge in [0.25, 0.3) is 0 Å². The second-order valence-corrected chi connectivity index (χ2v) is 5.93. The van der Waals surface area contributed by atoms with Gasteiger partial charge >= 0.3 is 5.97 Å². The largest absolute Gasteiger partial charge is 0.481 e. The fraction of sp³-hybridized carbons (Fsp3) is 0.667. The minimum atomic E-state index is -0.804. The van der Waals surface area contributed by atoms with Crippen molar-refractivity contribution >= 4 is 11.9 Å². The van der Waals surface area contributed by atoms with Crippen LogP contribution in [-0.2, 0) is 16.1 Å². The molecule has 2 N–H and O–H groups in total. The van der Waals surface area contributed by atoms with E-state index in [0.717, 1.165) is 32.1 Å². The lowest BCUT2D eigenvalue weighted by atomic mass is 9.69. The molecule has 21 heavy (non-hydrogen) atoms. The van der Waals surface area contributed by atoms with Gasteiger partial charge in [0, 0.05) is 25.4 Å². The van der Waals surface area contributed by atoms with Crippen LogP contribution in [0, 0.1) is 5.41 Å². The van der Waals surface area contributed by atoms with Gasteiger partial charge in [-0.05, 0) is 24.3 Å². The zero-order valence-electron chi connectivity index (χ0n) is 12.3. The Hall–Kier alpha value is -1.85. The molecule has 0 bridgehead atoms. The molecule has 1 saturated carbocycles. The predicted octanol–water partition coefficient (Wildman–Crippen LogP) is 1.81. The van der Waals surface area contributed by atoms with Gasteiger partial charge in [-0.3, -0.25) is 14.3 Å². The van der Waals surface area contributed by atoms with Crippen molar-refractivity contribution in [2.24, 2.45) is 5.41 Å². The summed E-state index contributed by atoms with van der Waals surface area (Å²) in [5, 5.41) is 16.0. The van der Waals surface area contributed by atoms with Crippen molar-refractivity contribution in [2.45, 2.75) is 51.5 Å². The Morgan fingerprint density at radius 1 is 1.24 bits per heavy atom. The van der Waals surface area contributed by atoms with E-state index in [1.165, 1.54) is 0 Å². The van der Waals surface area contributed by atoms with Crippen LogP contribution in [-0.4, -0.2) is 33.3 Å².